The summed E-state index contributed by atoms with van der Waals surface area (Å²) in [7, 11) is 1.59. The average Bonchev–Trinajstić information content (AvgIpc) is 2.62. The van der Waals surface area contributed by atoms with E-state index in [1.165, 1.54) is 6.92 Å². The third-order valence-corrected chi connectivity index (χ3v) is 4.06. The fraction of sp³-hybridized carbons (Fsp3) is 0.150. The Labute approximate surface area is 162 Å². The Hall–Kier alpha value is -3.12. The molecule has 1 aromatic heterocycles. The maximum atomic E-state index is 11.4. The number of ketones is 1. The van der Waals surface area contributed by atoms with Crippen molar-refractivity contribution in [1.82, 2.24) is 9.97 Å². The number of benzene rings is 2. The first-order valence-electron chi connectivity index (χ1n) is 8.29. The topological polar surface area (TPSA) is 76.1 Å². The van der Waals surface area contributed by atoms with E-state index >= 15 is 0 Å². The fourth-order valence-corrected chi connectivity index (χ4v) is 2.70. The van der Waals surface area contributed by atoms with E-state index in [4.69, 9.17) is 16.3 Å². The normalized spacial score (nSPS) is 10.4. The highest BCUT2D eigenvalue weighted by Gasteiger charge is 2.08. The van der Waals surface area contributed by atoms with E-state index in [9.17, 15) is 4.79 Å². The molecule has 2 N–H and O–H groups in total. The number of hydrogen-bond donors (Lipinski definition) is 2. The first-order valence-corrected chi connectivity index (χ1v) is 8.66. The smallest absolute Gasteiger partial charge is 0.229 e. The summed E-state index contributed by atoms with van der Waals surface area (Å²) in [5, 5.41) is 6.93. The molecule has 0 atom stereocenters. The van der Waals surface area contributed by atoms with E-state index in [0.717, 1.165) is 11.4 Å². The lowest BCUT2D eigenvalue weighted by Gasteiger charge is -2.12. The fourth-order valence-electron chi connectivity index (χ4n) is 2.52. The monoisotopic (exact) mass is 382 g/mol. The maximum absolute atomic E-state index is 11.4. The number of carbonyl (C=O) groups is 1. The van der Waals surface area contributed by atoms with Crippen molar-refractivity contribution < 1.29 is 9.53 Å². The number of Topliss-reactive ketones (excluding diaryl/α,β-unsaturated/α-hetero) is 1. The van der Waals surface area contributed by atoms with Gasteiger partial charge in [-0.15, -0.1) is 0 Å². The molecule has 3 aromatic rings. The number of nitrogens with one attached hydrogen (secondary N) is 2. The van der Waals surface area contributed by atoms with Crippen LogP contribution in [0.1, 0.15) is 23.0 Å². The molecule has 0 aliphatic carbocycles. The van der Waals surface area contributed by atoms with Crippen molar-refractivity contribution in [3.63, 3.8) is 0 Å². The Morgan fingerprint density at radius 1 is 1.04 bits per heavy atom. The minimum Gasteiger partial charge on any atom is -0.495 e. The average molecular weight is 383 g/mol. The van der Waals surface area contributed by atoms with Crippen LogP contribution in [-0.2, 0) is 0 Å². The third kappa shape index (κ3) is 4.74. The molecule has 0 unspecified atom stereocenters. The van der Waals surface area contributed by atoms with Crippen molar-refractivity contribution in [2.24, 2.45) is 0 Å². The Kier molecular flexibility index (Phi) is 5.57. The summed E-state index contributed by atoms with van der Waals surface area (Å²) in [6, 6.07) is 14.3. The van der Waals surface area contributed by atoms with Crippen molar-refractivity contribution in [1.29, 1.82) is 0 Å². The molecule has 7 heteroatoms. The second-order valence-electron chi connectivity index (χ2n) is 5.95. The summed E-state index contributed by atoms with van der Waals surface area (Å²) < 4.78 is 5.34. The van der Waals surface area contributed by atoms with Gasteiger partial charge in [0.2, 0.25) is 5.95 Å². The molecule has 6 nitrogen and oxygen atoms in total. The van der Waals surface area contributed by atoms with Gasteiger partial charge >= 0.3 is 0 Å². The van der Waals surface area contributed by atoms with Crippen LogP contribution in [0.4, 0.5) is 23.1 Å². The number of anilines is 4. The second kappa shape index (κ2) is 8.05. The molecule has 27 heavy (non-hydrogen) atoms. The van der Waals surface area contributed by atoms with E-state index in [1.54, 1.807) is 37.4 Å². The maximum Gasteiger partial charge on any atom is 0.229 e. The number of hydrogen-bond acceptors (Lipinski definition) is 6. The van der Waals surface area contributed by atoms with Gasteiger partial charge in [0.25, 0.3) is 0 Å². The molecule has 0 saturated carbocycles. The minimum absolute atomic E-state index is 0.0291. The number of ether oxygens (including phenoxy) is 1. The molecule has 0 aliphatic rings. The summed E-state index contributed by atoms with van der Waals surface area (Å²) in [5.41, 5.74) is 2.95. The predicted molar refractivity (Wildman–Crippen MR) is 108 cm³/mol. The molecular formula is C20H19ClN4O2. The molecule has 138 valence electrons. The number of halogens is 1. The van der Waals surface area contributed by atoms with E-state index in [2.05, 4.69) is 20.6 Å². The molecule has 0 spiro atoms. The summed E-state index contributed by atoms with van der Waals surface area (Å²) >= 11 is 6.07. The molecule has 0 amide bonds. The zero-order valence-corrected chi connectivity index (χ0v) is 16.0. The van der Waals surface area contributed by atoms with Crippen LogP contribution < -0.4 is 15.4 Å². The SMILES string of the molecule is COc1ccc(Cl)cc1Nc1nc(C)cc(Nc2ccc(C(C)=O)cc2)n1. The van der Waals surface area contributed by atoms with Gasteiger partial charge in [0.15, 0.2) is 5.78 Å². The van der Waals surface area contributed by atoms with Crippen LogP contribution in [0.25, 0.3) is 0 Å². The molecule has 0 saturated heterocycles. The highest BCUT2D eigenvalue weighted by atomic mass is 35.5. The van der Waals surface area contributed by atoms with E-state index in [0.29, 0.717) is 33.8 Å². The number of carbonyl (C=O) groups excluding carboxylic acids is 1. The quantitative estimate of drug-likeness (QED) is 0.575. The van der Waals surface area contributed by atoms with E-state index in [-0.39, 0.29) is 5.78 Å². The molecule has 0 radical (unpaired) electrons. The van der Waals surface area contributed by atoms with Crippen LogP contribution in [0.3, 0.4) is 0 Å². The summed E-state index contributed by atoms with van der Waals surface area (Å²) in [6.45, 7) is 3.42. The van der Waals surface area contributed by atoms with E-state index in [1.807, 2.05) is 25.1 Å². The van der Waals surface area contributed by atoms with Crippen molar-refractivity contribution in [2.75, 3.05) is 17.7 Å². The van der Waals surface area contributed by atoms with Crippen LogP contribution in [0, 0.1) is 6.92 Å². The van der Waals surface area contributed by atoms with Crippen LogP contribution in [0.15, 0.2) is 48.5 Å². The van der Waals surface area contributed by atoms with Gasteiger partial charge in [0.1, 0.15) is 11.6 Å². The number of aryl methyl sites for hydroxylation is 1. The van der Waals surface area contributed by atoms with Gasteiger partial charge in [0, 0.05) is 28.0 Å². The molecule has 3 rings (SSSR count). The van der Waals surface area contributed by atoms with Crippen molar-refractivity contribution >= 4 is 40.5 Å². The minimum atomic E-state index is 0.0291. The summed E-state index contributed by atoms with van der Waals surface area (Å²) in [5.74, 6) is 1.71. The van der Waals surface area contributed by atoms with Gasteiger partial charge in [-0.2, -0.15) is 4.98 Å². The number of rotatable bonds is 6. The Balaban J connectivity index is 1.84. The van der Waals surface area contributed by atoms with E-state index < -0.39 is 0 Å². The Morgan fingerprint density at radius 3 is 2.44 bits per heavy atom. The second-order valence-corrected chi connectivity index (χ2v) is 6.38. The van der Waals surface area contributed by atoms with Crippen LogP contribution in [0.2, 0.25) is 5.02 Å². The summed E-state index contributed by atoms with van der Waals surface area (Å²) in [4.78, 5) is 20.3. The van der Waals surface area contributed by atoms with Gasteiger partial charge < -0.3 is 15.4 Å². The largest absolute Gasteiger partial charge is 0.495 e. The highest BCUT2D eigenvalue weighted by Crippen LogP contribution is 2.30. The standard InChI is InChI=1S/C20H19ClN4O2/c1-12-10-19(23-16-7-4-14(5-8-16)13(2)26)25-20(22-12)24-17-11-15(21)6-9-18(17)27-3/h4-11H,1-3H3,(H2,22,23,24,25). The first-order chi connectivity index (χ1) is 12.9. The number of nitrogens with zero attached hydrogens (tertiary/aromatic N) is 2. The lowest BCUT2D eigenvalue weighted by molar-refractivity contribution is 0.101. The molecule has 0 fully saturated rings. The summed E-state index contributed by atoms with van der Waals surface area (Å²) in [6.07, 6.45) is 0. The number of aromatic nitrogens is 2. The zero-order chi connectivity index (χ0) is 19.4. The number of methoxy groups -OCH3 is 1. The van der Waals surface area contributed by atoms with Crippen molar-refractivity contribution in [2.45, 2.75) is 13.8 Å². The highest BCUT2D eigenvalue weighted by molar-refractivity contribution is 6.31. The first kappa shape index (κ1) is 18.7. The van der Waals surface area contributed by atoms with Gasteiger partial charge in [-0.05, 0) is 56.3 Å². The lowest BCUT2D eigenvalue weighted by atomic mass is 10.1. The molecule has 1 heterocycles. The Morgan fingerprint density at radius 2 is 1.78 bits per heavy atom. The van der Waals surface area contributed by atoms with Gasteiger partial charge in [-0.1, -0.05) is 11.6 Å². The molecule has 2 aromatic carbocycles. The van der Waals surface area contributed by atoms with Crippen molar-refractivity contribution in [3.8, 4) is 5.75 Å². The molecule has 0 bridgehead atoms. The van der Waals surface area contributed by atoms with Crippen molar-refractivity contribution in [3.05, 3.63) is 64.8 Å². The van der Waals surface area contributed by atoms with Crippen LogP contribution in [0.5, 0.6) is 5.75 Å². The van der Waals surface area contributed by atoms with Gasteiger partial charge in [-0.3, -0.25) is 4.79 Å². The Bertz CT molecular complexity index is 974. The lowest BCUT2D eigenvalue weighted by Crippen LogP contribution is -2.03. The molecule has 0 aliphatic heterocycles. The zero-order valence-electron chi connectivity index (χ0n) is 15.2. The van der Waals surface area contributed by atoms with Crippen LogP contribution in [-0.4, -0.2) is 22.9 Å². The van der Waals surface area contributed by atoms with Crippen LogP contribution >= 0.6 is 11.6 Å². The predicted octanol–water partition coefficient (Wildman–Crippen LogP) is 5.14. The molecular weight excluding hydrogens is 364 g/mol. The third-order valence-electron chi connectivity index (χ3n) is 3.83. The van der Waals surface area contributed by atoms with Gasteiger partial charge in [0.05, 0.1) is 12.8 Å². The van der Waals surface area contributed by atoms with Gasteiger partial charge in [-0.25, -0.2) is 4.98 Å².